The zero-order valence-corrected chi connectivity index (χ0v) is 11.3. The van der Waals surface area contributed by atoms with E-state index >= 15 is 0 Å². The van der Waals surface area contributed by atoms with Gasteiger partial charge in [0.05, 0.1) is 19.1 Å². The molecule has 0 bridgehead atoms. The summed E-state index contributed by atoms with van der Waals surface area (Å²) in [5.41, 5.74) is 1.19. The number of morpholine rings is 1. The van der Waals surface area contributed by atoms with Gasteiger partial charge in [-0.05, 0) is 12.0 Å². The number of carbonyl (C=O) groups excluding carboxylic acids is 1. The highest BCUT2D eigenvalue weighted by molar-refractivity contribution is 7.80. The maximum Gasteiger partial charge on any atom is 0.227 e. The highest BCUT2D eigenvalue weighted by Crippen LogP contribution is 2.14. The summed E-state index contributed by atoms with van der Waals surface area (Å²) >= 11 is 4.33. The van der Waals surface area contributed by atoms with Gasteiger partial charge < -0.3 is 9.64 Å². The van der Waals surface area contributed by atoms with Gasteiger partial charge in [-0.2, -0.15) is 12.6 Å². The van der Waals surface area contributed by atoms with Crippen LogP contribution in [0.15, 0.2) is 30.3 Å². The monoisotopic (exact) mass is 265 g/mol. The molecule has 1 fully saturated rings. The van der Waals surface area contributed by atoms with Crippen LogP contribution in [0.1, 0.15) is 5.56 Å². The molecule has 0 spiro atoms. The van der Waals surface area contributed by atoms with Gasteiger partial charge in [-0.3, -0.25) is 4.79 Å². The molecule has 0 aromatic heterocycles. The molecule has 1 aliphatic rings. The first-order chi connectivity index (χ1) is 8.81. The van der Waals surface area contributed by atoms with Crippen LogP contribution in [-0.4, -0.2) is 42.9 Å². The molecule has 0 aliphatic carbocycles. The molecule has 1 saturated heterocycles. The van der Waals surface area contributed by atoms with Crippen LogP contribution in [0.3, 0.4) is 0 Å². The first kappa shape index (κ1) is 13.4. The van der Waals surface area contributed by atoms with E-state index < -0.39 is 0 Å². The lowest BCUT2D eigenvalue weighted by Gasteiger charge is -2.30. The van der Waals surface area contributed by atoms with Gasteiger partial charge >= 0.3 is 0 Å². The lowest BCUT2D eigenvalue weighted by molar-refractivity contribution is -0.138. The van der Waals surface area contributed by atoms with Gasteiger partial charge in [0.25, 0.3) is 0 Å². The Labute approximate surface area is 114 Å². The second-order valence-corrected chi connectivity index (χ2v) is 4.87. The zero-order valence-electron chi connectivity index (χ0n) is 10.4. The predicted molar refractivity (Wildman–Crippen MR) is 74.9 cm³/mol. The second kappa shape index (κ2) is 6.81. The normalized spacial score (nSPS) is 17.5. The Kier molecular flexibility index (Phi) is 5.08. The summed E-state index contributed by atoms with van der Waals surface area (Å²) in [6.45, 7) is 2.71. The molecule has 0 radical (unpaired) electrons. The van der Waals surface area contributed by atoms with E-state index in [0.29, 0.717) is 32.1 Å². The minimum absolute atomic E-state index is 0.0335. The van der Waals surface area contributed by atoms with E-state index in [2.05, 4.69) is 24.8 Å². The van der Waals surface area contributed by atoms with Crippen LogP contribution >= 0.6 is 12.6 Å². The van der Waals surface area contributed by atoms with Crippen molar-refractivity contribution < 1.29 is 9.53 Å². The number of hydrogen-bond acceptors (Lipinski definition) is 3. The van der Waals surface area contributed by atoms with Crippen LogP contribution in [0.2, 0.25) is 0 Å². The highest BCUT2D eigenvalue weighted by Gasteiger charge is 2.24. The number of hydrogen-bond donors (Lipinski definition) is 1. The lowest BCUT2D eigenvalue weighted by Crippen LogP contribution is -2.44. The van der Waals surface area contributed by atoms with Gasteiger partial charge in [-0.25, -0.2) is 0 Å². The van der Waals surface area contributed by atoms with E-state index in [1.807, 2.05) is 23.1 Å². The molecule has 98 valence electrons. The maximum absolute atomic E-state index is 12.4. The summed E-state index contributed by atoms with van der Waals surface area (Å²) < 4.78 is 5.27. The van der Waals surface area contributed by atoms with Gasteiger partial charge in [0.2, 0.25) is 5.91 Å². The summed E-state index contributed by atoms with van der Waals surface area (Å²) in [4.78, 5) is 14.3. The summed E-state index contributed by atoms with van der Waals surface area (Å²) in [6.07, 6.45) is 0.764. The first-order valence-electron chi connectivity index (χ1n) is 6.32. The van der Waals surface area contributed by atoms with Crippen molar-refractivity contribution in [2.24, 2.45) is 5.92 Å². The maximum atomic E-state index is 12.4. The Bertz CT molecular complexity index is 377. The van der Waals surface area contributed by atoms with E-state index in [1.165, 1.54) is 5.56 Å². The van der Waals surface area contributed by atoms with Crippen LogP contribution in [0.4, 0.5) is 0 Å². The molecule has 1 amide bonds. The molecule has 1 aliphatic heterocycles. The van der Waals surface area contributed by atoms with E-state index in [0.717, 1.165) is 6.42 Å². The molecular formula is C14H19NO2S. The predicted octanol–water partition coefficient (Wildman–Crippen LogP) is 1.63. The van der Waals surface area contributed by atoms with Crippen molar-refractivity contribution in [2.45, 2.75) is 6.42 Å². The van der Waals surface area contributed by atoms with Crippen LogP contribution in [-0.2, 0) is 16.0 Å². The molecule has 0 N–H and O–H groups in total. The van der Waals surface area contributed by atoms with Crippen LogP contribution in [0, 0.1) is 5.92 Å². The molecule has 4 heteroatoms. The van der Waals surface area contributed by atoms with E-state index in [9.17, 15) is 4.79 Å². The van der Waals surface area contributed by atoms with Crippen LogP contribution in [0.25, 0.3) is 0 Å². The Hall–Kier alpha value is -1.00. The largest absolute Gasteiger partial charge is 0.378 e. The topological polar surface area (TPSA) is 29.5 Å². The van der Waals surface area contributed by atoms with Crippen molar-refractivity contribution in [1.82, 2.24) is 4.90 Å². The number of thiol groups is 1. The average Bonchev–Trinajstić information content (AvgIpc) is 2.46. The zero-order chi connectivity index (χ0) is 12.8. The molecule has 1 aromatic carbocycles. The standard InChI is InChI=1S/C14H19NO2S/c16-14(15-6-8-17-9-7-15)13(11-18)10-12-4-2-1-3-5-12/h1-5,13,18H,6-11H2. The summed E-state index contributed by atoms with van der Waals surface area (Å²) in [7, 11) is 0. The fourth-order valence-electron chi connectivity index (χ4n) is 2.17. The fraction of sp³-hybridized carbons (Fsp3) is 0.500. The number of nitrogens with zero attached hydrogens (tertiary/aromatic N) is 1. The van der Waals surface area contributed by atoms with Crippen molar-refractivity contribution in [3.05, 3.63) is 35.9 Å². The summed E-state index contributed by atoms with van der Waals surface area (Å²) in [5, 5.41) is 0. The minimum atomic E-state index is -0.0335. The average molecular weight is 265 g/mol. The molecule has 0 saturated carbocycles. The highest BCUT2D eigenvalue weighted by atomic mass is 32.1. The number of benzene rings is 1. The van der Waals surface area contributed by atoms with Crippen molar-refractivity contribution in [3.8, 4) is 0 Å². The third kappa shape index (κ3) is 3.50. The second-order valence-electron chi connectivity index (χ2n) is 4.51. The molecule has 2 rings (SSSR count). The van der Waals surface area contributed by atoms with E-state index in [4.69, 9.17) is 4.74 Å². The van der Waals surface area contributed by atoms with Crippen molar-refractivity contribution in [2.75, 3.05) is 32.1 Å². The van der Waals surface area contributed by atoms with Gasteiger partial charge in [0.1, 0.15) is 0 Å². The van der Waals surface area contributed by atoms with Crippen molar-refractivity contribution >= 4 is 18.5 Å². The third-order valence-corrected chi connectivity index (χ3v) is 3.66. The number of carbonyl (C=O) groups is 1. The molecule has 18 heavy (non-hydrogen) atoms. The Morgan fingerprint density at radius 2 is 1.94 bits per heavy atom. The van der Waals surface area contributed by atoms with Crippen molar-refractivity contribution in [1.29, 1.82) is 0 Å². The molecule has 1 heterocycles. The van der Waals surface area contributed by atoms with Crippen LogP contribution < -0.4 is 0 Å². The number of ether oxygens (including phenoxy) is 1. The van der Waals surface area contributed by atoms with Gasteiger partial charge in [0.15, 0.2) is 0 Å². The van der Waals surface area contributed by atoms with Gasteiger partial charge in [-0.15, -0.1) is 0 Å². The van der Waals surface area contributed by atoms with Crippen LogP contribution in [0.5, 0.6) is 0 Å². The Morgan fingerprint density at radius 1 is 1.28 bits per heavy atom. The quantitative estimate of drug-likeness (QED) is 0.839. The lowest BCUT2D eigenvalue weighted by atomic mass is 9.99. The van der Waals surface area contributed by atoms with E-state index in [-0.39, 0.29) is 11.8 Å². The Balaban J connectivity index is 1.97. The summed E-state index contributed by atoms with van der Waals surface area (Å²) in [5.74, 6) is 0.761. The molecule has 1 atom stereocenters. The first-order valence-corrected chi connectivity index (χ1v) is 6.96. The molecule has 1 unspecified atom stereocenters. The summed E-state index contributed by atoms with van der Waals surface area (Å²) in [6, 6.07) is 10.1. The molecule has 3 nitrogen and oxygen atoms in total. The number of amides is 1. The Morgan fingerprint density at radius 3 is 2.56 bits per heavy atom. The number of rotatable bonds is 4. The third-order valence-electron chi connectivity index (χ3n) is 3.22. The SMILES string of the molecule is O=C(C(CS)Cc1ccccc1)N1CCOCC1. The smallest absolute Gasteiger partial charge is 0.227 e. The van der Waals surface area contributed by atoms with Crippen molar-refractivity contribution in [3.63, 3.8) is 0 Å². The molecule has 1 aromatic rings. The molecular weight excluding hydrogens is 246 g/mol. The minimum Gasteiger partial charge on any atom is -0.378 e. The van der Waals surface area contributed by atoms with E-state index in [1.54, 1.807) is 0 Å². The van der Waals surface area contributed by atoms with Gasteiger partial charge in [-0.1, -0.05) is 30.3 Å². The van der Waals surface area contributed by atoms with Gasteiger partial charge in [0, 0.05) is 18.8 Å². The fourth-order valence-corrected chi connectivity index (χ4v) is 2.46.